The van der Waals surface area contributed by atoms with Gasteiger partial charge in [0.25, 0.3) is 0 Å². The van der Waals surface area contributed by atoms with E-state index in [4.69, 9.17) is 14.2 Å². The fraction of sp³-hybridized carbons (Fsp3) is 0.432. The van der Waals surface area contributed by atoms with Crippen LogP contribution in [0.3, 0.4) is 0 Å². The van der Waals surface area contributed by atoms with Crippen LogP contribution in [0.4, 0.5) is 5.69 Å². The average Bonchev–Trinajstić information content (AvgIpc) is 3.31. The fourth-order valence-electron chi connectivity index (χ4n) is 6.67. The molecule has 2 aliphatic rings. The minimum atomic E-state index is -0.595. The summed E-state index contributed by atoms with van der Waals surface area (Å²) in [5, 5.41) is 6.36. The van der Waals surface area contributed by atoms with Gasteiger partial charge in [0, 0.05) is 45.2 Å². The van der Waals surface area contributed by atoms with Crippen LogP contribution >= 0.6 is 0 Å². The van der Waals surface area contributed by atoms with Gasteiger partial charge in [0.05, 0.1) is 33.1 Å². The summed E-state index contributed by atoms with van der Waals surface area (Å²) < 4.78 is 17.2. The van der Waals surface area contributed by atoms with Gasteiger partial charge < -0.3 is 29.7 Å². The molecule has 2 N–H and O–H groups in total. The van der Waals surface area contributed by atoms with Crippen LogP contribution in [0.15, 0.2) is 59.4 Å². The lowest BCUT2D eigenvalue weighted by Gasteiger charge is -2.37. The number of ether oxygens (including phenoxy) is 3. The van der Waals surface area contributed by atoms with E-state index >= 15 is 0 Å². The molecule has 10 nitrogen and oxygen atoms in total. The molecule has 0 spiro atoms. The summed E-state index contributed by atoms with van der Waals surface area (Å²) in [4.78, 5) is 44.4. The van der Waals surface area contributed by atoms with Crippen molar-refractivity contribution < 1.29 is 23.8 Å². The zero-order valence-corrected chi connectivity index (χ0v) is 28.2. The summed E-state index contributed by atoms with van der Waals surface area (Å²) in [7, 11) is 4.70. The Morgan fingerprint density at radius 1 is 0.915 bits per heavy atom. The first-order valence-electron chi connectivity index (χ1n) is 16.2. The Morgan fingerprint density at radius 3 is 2.23 bits per heavy atom. The first-order chi connectivity index (χ1) is 22.6. The molecule has 1 aliphatic heterocycles. The van der Waals surface area contributed by atoms with E-state index in [2.05, 4.69) is 27.7 Å². The summed E-state index contributed by atoms with van der Waals surface area (Å²) in [6.07, 6.45) is 1.17. The van der Waals surface area contributed by atoms with E-state index in [1.807, 2.05) is 49.1 Å². The molecule has 3 aromatic rings. The van der Waals surface area contributed by atoms with Gasteiger partial charge in [-0.1, -0.05) is 50.2 Å². The van der Waals surface area contributed by atoms with E-state index in [0.717, 1.165) is 36.3 Å². The third kappa shape index (κ3) is 7.38. The third-order valence-electron chi connectivity index (χ3n) is 9.09. The van der Waals surface area contributed by atoms with E-state index in [-0.39, 0.29) is 23.2 Å². The van der Waals surface area contributed by atoms with Gasteiger partial charge in [-0.3, -0.25) is 19.3 Å². The van der Waals surface area contributed by atoms with Crippen LogP contribution in [0.5, 0.6) is 17.2 Å². The maximum absolute atomic E-state index is 13.9. The molecule has 1 fully saturated rings. The Balaban J connectivity index is 1.47. The smallest absolute Gasteiger partial charge is 0.245 e. The van der Waals surface area contributed by atoms with E-state index in [1.165, 1.54) is 12.5 Å². The number of hydrogen-bond donors (Lipinski definition) is 2. The number of methoxy groups -OCH3 is 3. The molecule has 2 atom stereocenters. The predicted octanol–water partition coefficient (Wildman–Crippen LogP) is 4.64. The van der Waals surface area contributed by atoms with Gasteiger partial charge in [-0.25, -0.2) is 0 Å². The number of carbonyl (C=O) groups is 2. The molecule has 1 heterocycles. The molecule has 0 bridgehead atoms. The lowest BCUT2D eigenvalue weighted by molar-refractivity contribution is -0.134. The van der Waals surface area contributed by atoms with Crippen molar-refractivity contribution in [2.45, 2.75) is 52.2 Å². The predicted molar refractivity (Wildman–Crippen MR) is 183 cm³/mol. The zero-order valence-electron chi connectivity index (χ0n) is 28.2. The van der Waals surface area contributed by atoms with Crippen molar-refractivity contribution in [3.63, 3.8) is 0 Å². The van der Waals surface area contributed by atoms with Crippen LogP contribution in [0.1, 0.15) is 49.9 Å². The Kier molecular flexibility index (Phi) is 10.7. The van der Waals surface area contributed by atoms with Crippen molar-refractivity contribution in [2.24, 2.45) is 5.92 Å². The number of nitrogens with one attached hydrogen (secondary N) is 2. The molecule has 2 amide bonds. The highest BCUT2D eigenvalue weighted by Gasteiger charge is 2.32. The molecule has 3 aromatic carbocycles. The first-order valence-corrected chi connectivity index (χ1v) is 16.2. The fourth-order valence-corrected chi connectivity index (χ4v) is 6.67. The van der Waals surface area contributed by atoms with Crippen LogP contribution in [0.25, 0.3) is 11.1 Å². The highest BCUT2D eigenvalue weighted by atomic mass is 16.5. The SMILES string of the molecule is COc1cc2c(c(OC)c1OC)-c1ccc(N[C@@H](C(=O)N3CCN(Cc4ccccc4)CC3)C(C)C)c(=O)cc1[C@@H](NC(C)=O)CC2. The number of amides is 2. The summed E-state index contributed by atoms with van der Waals surface area (Å²) in [6, 6.07) is 16.4. The summed E-state index contributed by atoms with van der Waals surface area (Å²) in [6.45, 7) is 9.10. The quantitative estimate of drug-likeness (QED) is 0.329. The standard InChI is InChI=1S/C37H46N4O6/c1-23(2)34(37(44)41-18-16-40(17-19-41)22-25-10-8-7-9-11-25)39-30-15-13-27-28(21-31(30)43)29(38-24(3)42)14-12-26-20-32(45-4)35(46-5)36(47-6)33(26)27/h7-11,13,15,20-21,23,29,34H,12,14,16-19,22H2,1-6H3,(H,38,42)(H,39,43)/t29-,34+/m0/s1. The number of anilines is 1. The van der Waals surface area contributed by atoms with Gasteiger partial charge in [0.15, 0.2) is 11.5 Å². The molecule has 0 saturated carbocycles. The lowest BCUT2D eigenvalue weighted by Crippen LogP contribution is -2.53. The molecule has 47 heavy (non-hydrogen) atoms. The van der Waals surface area contributed by atoms with Gasteiger partial charge in [0.1, 0.15) is 6.04 Å². The maximum atomic E-state index is 13.9. The number of aryl methyl sites for hydroxylation is 1. The molecular weight excluding hydrogens is 596 g/mol. The minimum Gasteiger partial charge on any atom is -0.493 e. The second-order valence-corrected chi connectivity index (χ2v) is 12.5. The lowest BCUT2D eigenvalue weighted by atomic mass is 9.95. The first kappa shape index (κ1) is 33.8. The molecule has 5 rings (SSSR count). The summed E-state index contributed by atoms with van der Waals surface area (Å²) in [5.41, 5.74) is 4.44. The molecule has 0 unspecified atom stereocenters. The number of benzene rings is 2. The van der Waals surface area contributed by atoms with Gasteiger partial charge in [-0.05, 0) is 59.2 Å². The second-order valence-electron chi connectivity index (χ2n) is 12.5. The van der Waals surface area contributed by atoms with Crippen molar-refractivity contribution >= 4 is 17.5 Å². The normalized spacial score (nSPS) is 16.7. The molecular formula is C37H46N4O6. The van der Waals surface area contributed by atoms with Gasteiger partial charge in [-0.15, -0.1) is 0 Å². The molecule has 1 aliphatic carbocycles. The van der Waals surface area contributed by atoms with Crippen molar-refractivity contribution in [1.82, 2.24) is 15.1 Å². The van der Waals surface area contributed by atoms with Crippen LogP contribution in [0, 0.1) is 5.92 Å². The Labute approximate surface area is 277 Å². The third-order valence-corrected chi connectivity index (χ3v) is 9.09. The highest BCUT2D eigenvalue weighted by Crippen LogP contribution is 2.50. The number of hydrogen-bond acceptors (Lipinski definition) is 8. The molecule has 1 saturated heterocycles. The zero-order chi connectivity index (χ0) is 33.7. The van der Waals surface area contributed by atoms with Crippen LogP contribution < -0.4 is 30.3 Å². The van der Waals surface area contributed by atoms with Crippen LogP contribution in [-0.2, 0) is 22.6 Å². The summed E-state index contributed by atoms with van der Waals surface area (Å²) in [5.74, 6) is 1.18. The number of piperazine rings is 1. The van der Waals surface area contributed by atoms with E-state index in [0.29, 0.717) is 54.4 Å². The highest BCUT2D eigenvalue weighted by molar-refractivity contribution is 5.86. The maximum Gasteiger partial charge on any atom is 0.245 e. The number of rotatable bonds is 10. The molecule has 0 aromatic heterocycles. The van der Waals surface area contributed by atoms with Gasteiger partial charge >= 0.3 is 0 Å². The molecule has 0 radical (unpaired) electrons. The van der Waals surface area contributed by atoms with Crippen molar-refractivity contribution in [2.75, 3.05) is 52.8 Å². The Bertz CT molecular complexity index is 1650. The second kappa shape index (κ2) is 14.9. The van der Waals surface area contributed by atoms with E-state index in [1.54, 1.807) is 33.5 Å². The van der Waals surface area contributed by atoms with Crippen molar-refractivity contribution in [1.29, 1.82) is 0 Å². The molecule has 10 heteroatoms. The molecule has 250 valence electrons. The topological polar surface area (TPSA) is 109 Å². The van der Waals surface area contributed by atoms with Crippen LogP contribution in [-0.4, -0.2) is 75.2 Å². The van der Waals surface area contributed by atoms with Gasteiger partial charge in [-0.2, -0.15) is 0 Å². The van der Waals surface area contributed by atoms with Crippen molar-refractivity contribution in [3.05, 3.63) is 81.5 Å². The van der Waals surface area contributed by atoms with E-state index < -0.39 is 12.1 Å². The summed E-state index contributed by atoms with van der Waals surface area (Å²) >= 11 is 0. The van der Waals surface area contributed by atoms with Crippen LogP contribution in [0.2, 0.25) is 0 Å². The van der Waals surface area contributed by atoms with Gasteiger partial charge in [0.2, 0.25) is 23.0 Å². The van der Waals surface area contributed by atoms with E-state index in [9.17, 15) is 14.4 Å². The monoisotopic (exact) mass is 642 g/mol. The number of nitrogens with zero attached hydrogens (tertiary/aromatic N) is 2. The largest absolute Gasteiger partial charge is 0.493 e. The number of fused-ring (bicyclic) bond motifs is 3. The van der Waals surface area contributed by atoms with Crippen molar-refractivity contribution in [3.8, 4) is 28.4 Å². The number of carbonyl (C=O) groups excluding carboxylic acids is 2. The Hall–Kier alpha value is -4.57. The average molecular weight is 643 g/mol. The Morgan fingerprint density at radius 2 is 1.62 bits per heavy atom. The minimum absolute atomic E-state index is 0.0215.